The summed E-state index contributed by atoms with van der Waals surface area (Å²) in [5.41, 5.74) is 5.92. The van der Waals surface area contributed by atoms with E-state index in [1.165, 1.54) is 11.3 Å². The third-order valence-corrected chi connectivity index (χ3v) is 4.45. The molecule has 1 fully saturated rings. The molecule has 0 aliphatic carbocycles. The maximum Gasteiger partial charge on any atom is 0.265 e. The molecule has 1 amide bonds. The Labute approximate surface area is 112 Å². The SMILES string of the molecule is CCCc1ncc(C(=O)N2CC[C@@H](N)C[C@@H]2C)s1. The maximum atomic E-state index is 12.4. The van der Waals surface area contributed by atoms with E-state index in [0.29, 0.717) is 0 Å². The minimum Gasteiger partial charge on any atom is -0.335 e. The van der Waals surface area contributed by atoms with E-state index in [9.17, 15) is 4.79 Å². The fourth-order valence-corrected chi connectivity index (χ4v) is 3.37. The summed E-state index contributed by atoms with van der Waals surface area (Å²) in [7, 11) is 0. The number of amides is 1. The van der Waals surface area contributed by atoms with Crippen LogP contribution in [-0.4, -0.2) is 34.4 Å². The average molecular weight is 267 g/mol. The van der Waals surface area contributed by atoms with Crippen molar-refractivity contribution in [3.05, 3.63) is 16.1 Å². The second-order valence-electron chi connectivity index (χ2n) is 5.00. The molecule has 100 valence electrons. The van der Waals surface area contributed by atoms with E-state index < -0.39 is 0 Å². The molecule has 5 heteroatoms. The van der Waals surface area contributed by atoms with Gasteiger partial charge < -0.3 is 10.6 Å². The van der Waals surface area contributed by atoms with Crippen LogP contribution in [0, 0.1) is 0 Å². The summed E-state index contributed by atoms with van der Waals surface area (Å²) < 4.78 is 0. The number of thiazole rings is 1. The van der Waals surface area contributed by atoms with Crippen LogP contribution < -0.4 is 5.73 Å². The maximum absolute atomic E-state index is 12.4. The van der Waals surface area contributed by atoms with Gasteiger partial charge in [0.25, 0.3) is 5.91 Å². The van der Waals surface area contributed by atoms with Crippen molar-refractivity contribution in [1.82, 2.24) is 9.88 Å². The molecule has 2 rings (SSSR count). The van der Waals surface area contributed by atoms with Crippen LogP contribution >= 0.6 is 11.3 Å². The van der Waals surface area contributed by atoms with Crippen molar-refractivity contribution in [2.75, 3.05) is 6.54 Å². The van der Waals surface area contributed by atoms with Gasteiger partial charge in [0.05, 0.1) is 11.2 Å². The molecule has 1 aliphatic heterocycles. The lowest BCUT2D eigenvalue weighted by molar-refractivity contribution is 0.0624. The number of carbonyl (C=O) groups excluding carboxylic acids is 1. The molecule has 1 aromatic heterocycles. The lowest BCUT2D eigenvalue weighted by atomic mass is 9.99. The van der Waals surface area contributed by atoms with Crippen LogP contribution in [0.3, 0.4) is 0 Å². The summed E-state index contributed by atoms with van der Waals surface area (Å²) in [5.74, 6) is 0.120. The molecule has 0 radical (unpaired) electrons. The first-order valence-corrected chi connectivity index (χ1v) is 7.44. The minimum absolute atomic E-state index is 0.120. The van der Waals surface area contributed by atoms with Crippen molar-refractivity contribution < 1.29 is 4.79 Å². The zero-order valence-electron chi connectivity index (χ0n) is 11.1. The zero-order chi connectivity index (χ0) is 13.1. The van der Waals surface area contributed by atoms with Gasteiger partial charge in [0.1, 0.15) is 4.88 Å². The molecule has 0 unspecified atom stereocenters. The van der Waals surface area contributed by atoms with Crippen molar-refractivity contribution in [3.63, 3.8) is 0 Å². The highest BCUT2D eigenvalue weighted by Gasteiger charge is 2.28. The van der Waals surface area contributed by atoms with E-state index >= 15 is 0 Å². The number of likely N-dealkylation sites (tertiary alicyclic amines) is 1. The fraction of sp³-hybridized carbons (Fsp3) is 0.692. The highest BCUT2D eigenvalue weighted by Crippen LogP contribution is 2.22. The van der Waals surface area contributed by atoms with Gasteiger partial charge in [-0.2, -0.15) is 0 Å². The quantitative estimate of drug-likeness (QED) is 0.911. The third kappa shape index (κ3) is 2.90. The molecule has 18 heavy (non-hydrogen) atoms. The number of hydrogen-bond acceptors (Lipinski definition) is 4. The van der Waals surface area contributed by atoms with Crippen LogP contribution in [0.1, 0.15) is 47.8 Å². The number of carbonyl (C=O) groups is 1. The number of hydrogen-bond donors (Lipinski definition) is 1. The predicted octanol–water partition coefficient (Wildman–Crippen LogP) is 2.05. The summed E-state index contributed by atoms with van der Waals surface area (Å²) >= 11 is 1.53. The van der Waals surface area contributed by atoms with Crippen LogP contribution in [0.15, 0.2) is 6.20 Å². The van der Waals surface area contributed by atoms with Gasteiger partial charge in [0.2, 0.25) is 0 Å². The van der Waals surface area contributed by atoms with Gasteiger partial charge in [-0.3, -0.25) is 4.79 Å². The van der Waals surface area contributed by atoms with Crippen LogP contribution in [0.4, 0.5) is 0 Å². The van der Waals surface area contributed by atoms with Gasteiger partial charge in [0.15, 0.2) is 0 Å². The number of aromatic nitrogens is 1. The molecular formula is C13H21N3OS. The number of nitrogens with zero attached hydrogens (tertiary/aromatic N) is 2. The minimum atomic E-state index is 0.120. The Balaban J connectivity index is 2.05. The lowest BCUT2D eigenvalue weighted by Gasteiger charge is -2.36. The molecule has 2 heterocycles. The number of piperidine rings is 1. The first-order valence-electron chi connectivity index (χ1n) is 6.63. The molecule has 1 aliphatic rings. The Morgan fingerprint density at radius 2 is 2.44 bits per heavy atom. The Kier molecular flexibility index (Phi) is 4.35. The fourth-order valence-electron chi connectivity index (χ4n) is 2.39. The van der Waals surface area contributed by atoms with Gasteiger partial charge in [0, 0.05) is 18.6 Å². The van der Waals surface area contributed by atoms with Crippen molar-refractivity contribution in [3.8, 4) is 0 Å². The highest BCUT2D eigenvalue weighted by molar-refractivity contribution is 7.13. The van der Waals surface area contributed by atoms with Gasteiger partial charge in [-0.15, -0.1) is 11.3 Å². The Hall–Kier alpha value is -0.940. The van der Waals surface area contributed by atoms with Crippen molar-refractivity contribution >= 4 is 17.2 Å². The van der Waals surface area contributed by atoms with Gasteiger partial charge in [-0.25, -0.2) is 4.98 Å². The highest BCUT2D eigenvalue weighted by atomic mass is 32.1. The molecule has 2 atom stereocenters. The summed E-state index contributed by atoms with van der Waals surface area (Å²) in [6.45, 7) is 4.96. The molecule has 0 spiro atoms. The lowest BCUT2D eigenvalue weighted by Crippen LogP contribution is -2.48. The number of aryl methyl sites for hydroxylation is 1. The first-order chi connectivity index (χ1) is 8.61. The molecule has 4 nitrogen and oxygen atoms in total. The normalized spacial score (nSPS) is 24.3. The molecule has 0 aromatic carbocycles. The topological polar surface area (TPSA) is 59.2 Å². The first kappa shape index (κ1) is 13.5. The summed E-state index contributed by atoms with van der Waals surface area (Å²) in [4.78, 5) is 19.4. The second kappa shape index (κ2) is 5.80. The van der Waals surface area contributed by atoms with E-state index in [4.69, 9.17) is 5.73 Å². The Bertz CT molecular complexity index is 418. The van der Waals surface area contributed by atoms with E-state index in [1.54, 1.807) is 6.20 Å². The Morgan fingerprint density at radius 3 is 3.11 bits per heavy atom. The van der Waals surface area contributed by atoms with Crippen LogP contribution in [-0.2, 0) is 6.42 Å². The number of nitrogens with two attached hydrogens (primary N) is 1. The molecule has 0 saturated carbocycles. The van der Waals surface area contributed by atoms with Crippen molar-refractivity contribution in [2.45, 2.75) is 51.6 Å². The average Bonchev–Trinajstić information content (AvgIpc) is 2.77. The van der Waals surface area contributed by atoms with E-state index in [1.807, 2.05) is 4.90 Å². The number of rotatable bonds is 3. The molecule has 2 N–H and O–H groups in total. The predicted molar refractivity (Wildman–Crippen MR) is 73.8 cm³/mol. The van der Waals surface area contributed by atoms with E-state index in [-0.39, 0.29) is 18.0 Å². The van der Waals surface area contributed by atoms with E-state index in [2.05, 4.69) is 18.8 Å². The molecule has 1 aromatic rings. The van der Waals surface area contributed by atoms with Crippen molar-refractivity contribution in [2.24, 2.45) is 5.73 Å². The van der Waals surface area contributed by atoms with Gasteiger partial charge in [-0.05, 0) is 32.6 Å². The zero-order valence-corrected chi connectivity index (χ0v) is 11.9. The third-order valence-electron chi connectivity index (χ3n) is 3.41. The summed E-state index contributed by atoms with van der Waals surface area (Å²) in [6, 6.07) is 0.471. The van der Waals surface area contributed by atoms with Crippen LogP contribution in [0.2, 0.25) is 0 Å². The standard InChI is InChI=1S/C13H21N3OS/c1-3-4-12-15-8-11(18-12)13(17)16-6-5-10(14)7-9(16)2/h8-10H,3-7,14H2,1-2H3/t9-,10+/m0/s1. The molecule has 0 bridgehead atoms. The molecular weight excluding hydrogens is 246 g/mol. The van der Waals surface area contributed by atoms with Gasteiger partial charge >= 0.3 is 0 Å². The second-order valence-corrected chi connectivity index (χ2v) is 6.12. The van der Waals surface area contributed by atoms with Gasteiger partial charge in [-0.1, -0.05) is 6.92 Å². The van der Waals surface area contributed by atoms with Crippen molar-refractivity contribution in [1.29, 1.82) is 0 Å². The van der Waals surface area contributed by atoms with Crippen LogP contribution in [0.25, 0.3) is 0 Å². The van der Waals surface area contributed by atoms with Crippen LogP contribution in [0.5, 0.6) is 0 Å². The Morgan fingerprint density at radius 1 is 1.67 bits per heavy atom. The molecule has 1 saturated heterocycles. The largest absolute Gasteiger partial charge is 0.335 e. The van der Waals surface area contributed by atoms with E-state index in [0.717, 1.165) is 42.1 Å². The monoisotopic (exact) mass is 267 g/mol. The smallest absolute Gasteiger partial charge is 0.265 e. The summed E-state index contributed by atoms with van der Waals surface area (Å²) in [6.07, 6.45) is 5.54. The summed E-state index contributed by atoms with van der Waals surface area (Å²) in [5, 5.41) is 1.06.